The first-order valence-electron chi connectivity index (χ1n) is 32.9. The van der Waals surface area contributed by atoms with Crippen molar-refractivity contribution in [3.63, 3.8) is 0 Å². The first kappa shape index (κ1) is 73.3. The molecular formula is C66H125NO10. The average Bonchev–Trinajstić information content (AvgIpc) is 3.43. The van der Waals surface area contributed by atoms with Crippen LogP contribution in [0, 0.1) is 0 Å². The molecule has 1 aliphatic heterocycles. The summed E-state index contributed by atoms with van der Waals surface area (Å²) in [5.41, 5.74) is 0. The lowest BCUT2D eigenvalue weighted by Gasteiger charge is -2.40. The Kier molecular flexibility index (Phi) is 52.3. The number of unbranched alkanes of at least 4 members (excludes halogenated alkanes) is 39. The van der Waals surface area contributed by atoms with Crippen LogP contribution in [0.4, 0.5) is 0 Å². The predicted octanol–water partition coefficient (Wildman–Crippen LogP) is 15.0. The number of carbonyl (C=O) groups is 1. The van der Waals surface area contributed by atoms with E-state index in [9.17, 15) is 40.5 Å². The summed E-state index contributed by atoms with van der Waals surface area (Å²) in [6, 6.07) is -1.19. The second-order valence-electron chi connectivity index (χ2n) is 23.2. The van der Waals surface area contributed by atoms with Gasteiger partial charge in [-0.25, -0.2) is 0 Å². The number of carbonyl (C=O) groups excluding carboxylic acids is 1. The molecule has 8 N–H and O–H groups in total. The Labute approximate surface area is 473 Å². The first-order chi connectivity index (χ1) is 37.7. The molecule has 1 amide bonds. The van der Waals surface area contributed by atoms with Crippen LogP contribution in [0.2, 0.25) is 0 Å². The minimum absolute atomic E-state index is 0.247. The van der Waals surface area contributed by atoms with Crippen molar-refractivity contribution in [2.45, 2.75) is 364 Å². The van der Waals surface area contributed by atoms with E-state index in [-0.39, 0.29) is 12.8 Å². The molecule has 1 aliphatic rings. The first-order valence-corrected chi connectivity index (χ1v) is 32.9. The van der Waals surface area contributed by atoms with Gasteiger partial charge in [0, 0.05) is 0 Å². The quantitative estimate of drug-likeness (QED) is 0.0215. The van der Waals surface area contributed by atoms with Crippen LogP contribution < -0.4 is 5.32 Å². The molecule has 77 heavy (non-hydrogen) atoms. The van der Waals surface area contributed by atoms with Crippen LogP contribution in [-0.4, -0.2) is 110 Å². The monoisotopic (exact) mass is 1090 g/mol. The smallest absolute Gasteiger partial charge is 0.249 e. The van der Waals surface area contributed by atoms with Crippen LogP contribution in [0.3, 0.4) is 0 Å². The van der Waals surface area contributed by atoms with Crippen molar-refractivity contribution in [2.75, 3.05) is 13.2 Å². The number of rotatable bonds is 57. The van der Waals surface area contributed by atoms with Crippen molar-refractivity contribution >= 4 is 5.91 Å². The summed E-state index contributed by atoms with van der Waals surface area (Å²) in [5.74, 6) is -0.706. The number of hydrogen-bond acceptors (Lipinski definition) is 10. The van der Waals surface area contributed by atoms with E-state index in [1.807, 2.05) is 0 Å². The fourth-order valence-electron chi connectivity index (χ4n) is 10.6. The molecule has 0 saturated carbocycles. The number of aliphatic hydroxyl groups is 7. The molecule has 11 heteroatoms. The summed E-state index contributed by atoms with van der Waals surface area (Å²) in [6.07, 6.45) is 57.9. The Bertz CT molecular complexity index is 1350. The third-order valence-electron chi connectivity index (χ3n) is 15.9. The third kappa shape index (κ3) is 42.8. The zero-order valence-electron chi connectivity index (χ0n) is 50.0. The van der Waals surface area contributed by atoms with Gasteiger partial charge in [-0.1, -0.05) is 269 Å². The molecule has 9 unspecified atom stereocenters. The van der Waals surface area contributed by atoms with Gasteiger partial charge >= 0.3 is 0 Å². The predicted molar refractivity (Wildman–Crippen MR) is 321 cm³/mol. The van der Waals surface area contributed by atoms with Gasteiger partial charge in [0.2, 0.25) is 5.91 Å². The molecule has 0 radical (unpaired) electrons. The summed E-state index contributed by atoms with van der Waals surface area (Å²) in [7, 11) is 0. The summed E-state index contributed by atoms with van der Waals surface area (Å²) in [4.78, 5) is 13.2. The van der Waals surface area contributed by atoms with E-state index in [2.05, 4.69) is 55.6 Å². The molecule has 9 atom stereocenters. The summed E-state index contributed by atoms with van der Waals surface area (Å²) in [6.45, 7) is 3.47. The molecule has 0 aromatic carbocycles. The Morgan fingerprint density at radius 1 is 0.442 bits per heavy atom. The molecule has 1 heterocycles. The molecule has 0 aromatic heterocycles. The molecule has 11 nitrogen and oxygen atoms in total. The lowest BCUT2D eigenvalue weighted by Crippen LogP contribution is -2.60. The van der Waals surface area contributed by atoms with Crippen LogP contribution in [0.25, 0.3) is 0 Å². The minimum Gasteiger partial charge on any atom is -0.394 e. The highest BCUT2D eigenvalue weighted by Crippen LogP contribution is 2.24. The Morgan fingerprint density at radius 2 is 0.779 bits per heavy atom. The molecule has 0 aliphatic carbocycles. The largest absolute Gasteiger partial charge is 0.394 e. The van der Waals surface area contributed by atoms with Crippen molar-refractivity contribution in [3.05, 3.63) is 36.5 Å². The highest BCUT2D eigenvalue weighted by Gasteiger charge is 2.44. The number of ether oxygens (including phenoxy) is 2. The molecule has 1 saturated heterocycles. The van der Waals surface area contributed by atoms with Crippen molar-refractivity contribution in [1.82, 2.24) is 5.32 Å². The lowest BCUT2D eigenvalue weighted by molar-refractivity contribution is -0.303. The van der Waals surface area contributed by atoms with E-state index >= 15 is 0 Å². The van der Waals surface area contributed by atoms with Gasteiger partial charge in [-0.15, -0.1) is 0 Å². The lowest BCUT2D eigenvalue weighted by atomic mass is 9.98. The topological polar surface area (TPSA) is 189 Å². The Morgan fingerprint density at radius 3 is 1.16 bits per heavy atom. The molecular weight excluding hydrogens is 967 g/mol. The SMILES string of the molecule is CCCCCCCCCCCCC/C=C/CC/C=C/CCCC(O)C(O)C(COC1OC(CO)C(O)C(O)C1O)NC(=O)C(O)CCCCCCCCCCCCCCCC/C=C\CCCCCCCCCCCCCC. The van der Waals surface area contributed by atoms with Gasteiger partial charge in [0.25, 0.3) is 0 Å². The zero-order valence-corrected chi connectivity index (χ0v) is 50.0. The van der Waals surface area contributed by atoms with Gasteiger partial charge in [-0.2, -0.15) is 0 Å². The summed E-state index contributed by atoms with van der Waals surface area (Å²) >= 11 is 0. The molecule has 1 fully saturated rings. The van der Waals surface area contributed by atoms with E-state index in [0.717, 1.165) is 38.5 Å². The van der Waals surface area contributed by atoms with Crippen LogP contribution >= 0.6 is 0 Å². The zero-order chi connectivity index (χ0) is 56.1. The van der Waals surface area contributed by atoms with E-state index in [1.54, 1.807) is 0 Å². The Hall–Kier alpha value is -1.67. The Balaban J connectivity index is 2.24. The van der Waals surface area contributed by atoms with Crippen molar-refractivity contribution in [2.24, 2.45) is 0 Å². The molecule has 0 aromatic rings. The molecule has 0 bridgehead atoms. The van der Waals surface area contributed by atoms with Crippen molar-refractivity contribution in [3.8, 4) is 0 Å². The van der Waals surface area contributed by atoms with Gasteiger partial charge in [0.15, 0.2) is 6.29 Å². The maximum atomic E-state index is 13.2. The number of aliphatic hydroxyl groups excluding tert-OH is 7. The summed E-state index contributed by atoms with van der Waals surface area (Å²) < 4.78 is 11.2. The second kappa shape index (κ2) is 54.9. The fraction of sp³-hybridized carbons (Fsp3) is 0.894. The molecule has 454 valence electrons. The second-order valence-corrected chi connectivity index (χ2v) is 23.2. The van der Waals surface area contributed by atoms with Gasteiger partial charge < -0.3 is 50.5 Å². The third-order valence-corrected chi connectivity index (χ3v) is 15.9. The van der Waals surface area contributed by atoms with E-state index in [4.69, 9.17) is 9.47 Å². The van der Waals surface area contributed by atoms with Gasteiger partial charge in [0.05, 0.1) is 25.4 Å². The van der Waals surface area contributed by atoms with Gasteiger partial charge in [-0.05, 0) is 77.0 Å². The van der Waals surface area contributed by atoms with Crippen LogP contribution in [0.1, 0.15) is 309 Å². The van der Waals surface area contributed by atoms with Crippen LogP contribution in [-0.2, 0) is 14.3 Å². The minimum atomic E-state index is -1.67. The van der Waals surface area contributed by atoms with Crippen LogP contribution in [0.5, 0.6) is 0 Å². The highest BCUT2D eigenvalue weighted by molar-refractivity contribution is 5.80. The normalized spacial score (nSPS) is 19.7. The average molecular weight is 1090 g/mol. The standard InChI is InChI=1S/C66H125NO10/c1-3-5-7-9-11-13-15-17-19-21-23-25-26-27-28-29-30-31-32-33-34-36-38-40-42-44-46-48-50-52-54-59(70)65(75)67-57(56-76-66-64(74)63(73)62(72)60(55-68)77-66)61(71)58(69)53-51-49-47-45-43-41-39-37-35-24-22-20-18-16-14-12-10-8-6-4-2/h27-28,37,39,45,47,57-64,66,68-74H,3-26,29-36,38,40-44,46,48-56H2,1-2H3,(H,67,75)/b28-27-,39-37+,47-45+. The van der Waals surface area contributed by atoms with Gasteiger partial charge in [0.1, 0.15) is 36.6 Å². The maximum absolute atomic E-state index is 13.2. The number of allylic oxidation sites excluding steroid dienone is 6. The molecule has 0 spiro atoms. The summed E-state index contributed by atoms with van der Waals surface area (Å²) in [5, 5.41) is 76.3. The van der Waals surface area contributed by atoms with Crippen molar-refractivity contribution in [1.29, 1.82) is 0 Å². The number of amides is 1. The van der Waals surface area contributed by atoms with E-state index in [1.165, 1.54) is 225 Å². The van der Waals surface area contributed by atoms with Crippen LogP contribution in [0.15, 0.2) is 36.5 Å². The highest BCUT2D eigenvalue weighted by atomic mass is 16.7. The number of nitrogens with one attached hydrogen (secondary N) is 1. The maximum Gasteiger partial charge on any atom is 0.249 e. The molecule has 1 rings (SSSR count). The van der Waals surface area contributed by atoms with Gasteiger partial charge in [-0.3, -0.25) is 4.79 Å². The van der Waals surface area contributed by atoms with E-state index in [0.29, 0.717) is 19.3 Å². The van der Waals surface area contributed by atoms with Crippen molar-refractivity contribution < 1.29 is 50.0 Å². The number of hydrogen-bond donors (Lipinski definition) is 8. The van der Waals surface area contributed by atoms with E-state index < -0.39 is 74.2 Å². The fourth-order valence-corrected chi connectivity index (χ4v) is 10.6.